The van der Waals surface area contributed by atoms with E-state index < -0.39 is 5.56 Å². The Kier molecular flexibility index (Phi) is 4.43. The van der Waals surface area contributed by atoms with E-state index in [1.54, 1.807) is 24.1 Å². The van der Waals surface area contributed by atoms with E-state index >= 15 is 0 Å². The highest BCUT2D eigenvalue weighted by atomic mass is 16.5. The zero-order chi connectivity index (χ0) is 15.6. The average Bonchev–Trinajstić information content (AvgIpc) is 2.41. The predicted molar refractivity (Wildman–Crippen MR) is 76.7 cm³/mol. The summed E-state index contributed by atoms with van der Waals surface area (Å²) in [7, 11) is 0. The number of aryl methyl sites for hydroxylation is 1. The van der Waals surface area contributed by atoms with Crippen molar-refractivity contribution in [3.63, 3.8) is 0 Å². The summed E-state index contributed by atoms with van der Waals surface area (Å²) in [4.78, 5) is 26.1. The molecule has 1 amide bonds. The van der Waals surface area contributed by atoms with E-state index in [0.29, 0.717) is 18.7 Å². The van der Waals surface area contributed by atoms with Gasteiger partial charge in [-0.3, -0.25) is 9.59 Å². The maximum absolute atomic E-state index is 12.3. The Hall–Kier alpha value is -2.13. The van der Waals surface area contributed by atoms with Gasteiger partial charge in [-0.05, 0) is 32.4 Å². The van der Waals surface area contributed by atoms with Gasteiger partial charge in [0.25, 0.3) is 5.56 Å². The van der Waals surface area contributed by atoms with Crippen molar-refractivity contribution in [2.75, 3.05) is 13.1 Å². The van der Waals surface area contributed by atoms with Gasteiger partial charge < -0.3 is 14.2 Å². The average molecular weight is 289 g/mol. The number of carbonyl (C=O) groups is 1. The highest BCUT2D eigenvalue weighted by Gasteiger charge is 2.26. The van der Waals surface area contributed by atoms with Crippen molar-refractivity contribution in [3.8, 4) is 6.07 Å². The van der Waals surface area contributed by atoms with E-state index in [0.717, 1.165) is 0 Å². The van der Waals surface area contributed by atoms with E-state index in [2.05, 4.69) is 0 Å². The molecule has 1 aromatic rings. The van der Waals surface area contributed by atoms with Crippen LogP contribution >= 0.6 is 0 Å². The topological polar surface area (TPSA) is 75.3 Å². The predicted octanol–water partition coefficient (Wildman–Crippen LogP) is 0.664. The fourth-order valence-corrected chi connectivity index (χ4v) is 2.55. The van der Waals surface area contributed by atoms with Crippen molar-refractivity contribution >= 4 is 5.91 Å². The molecule has 2 rings (SSSR count). The largest absolute Gasteiger partial charge is 0.372 e. The molecular formula is C15H19N3O3. The van der Waals surface area contributed by atoms with Crippen LogP contribution in [0.4, 0.5) is 0 Å². The van der Waals surface area contributed by atoms with Crippen molar-refractivity contribution in [2.45, 2.75) is 39.5 Å². The highest BCUT2D eigenvalue weighted by molar-refractivity contribution is 5.76. The fourth-order valence-electron chi connectivity index (χ4n) is 2.55. The van der Waals surface area contributed by atoms with Crippen LogP contribution in [0.15, 0.2) is 17.1 Å². The smallest absolute Gasteiger partial charge is 0.269 e. The van der Waals surface area contributed by atoms with Crippen molar-refractivity contribution in [1.82, 2.24) is 9.47 Å². The van der Waals surface area contributed by atoms with Gasteiger partial charge in [0.2, 0.25) is 5.91 Å². The summed E-state index contributed by atoms with van der Waals surface area (Å²) >= 11 is 0. The molecule has 2 heterocycles. The van der Waals surface area contributed by atoms with Gasteiger partial charge in [-0.2, -0.15) is 5.26 Å². The van der Waals surface area contributed by atoms with E-state index in [1.165, 1.54) is 4.57 Å². The van der Waals surface area contributed by atoms with Crippen LogP contribution in [-0.2, 0) is 16.1 Å². The molecule has 112 valence electrons. The first kappa shape index (κ1) is 15.3. The zero-order valence-electron chi connectivity index (χ0n) is 12.5. The monoisotopic (exact) mass is 289 g/mol. The maximum Gasteiger partial charge on any atom is 0.269 e. The Morgan fingerprint density at radius 2 is 2.05 bits per heavy atom. The van der Waals surface area contributed by atoms with Crippen LogP contribution < -0.4 is 5.56 Å². The van der Waals surface area contributed by atoms with Crippen molar-refractivity contribution in [2.24, 2.45) is 0 Å². The van der Waals surface area contributed by atoms with Crippen molar-refractivity contribution in [3.05, 3.63) is 33.7 Å². The van der Waals surface area contributed by atoms with Gasteiger partial charge in [-0.1, -0.05) is 0 Å². The summed E-state index contributed by atoms with van der Waals surface area (Å²) < 4.78 is 6.88. The van der Waals surface area contributed by atoms with Gasteiger partial charge in [0.05, 0.1) is 12.2 Å². The Labute approximate surface area is 123 Å². The normalized spacial score (nSPS) is 21.9. The van der Waals surface area contributed by atoms with Crippen molar-refractivity contribution < 1.29 is 9.53 Å². The number of nitrogens with zero attached hydrogens (tertiary/aromatic N) is 3. The van der Waals surface area contributed by atoms with E-state index in [1.807, 2.05) is 19.9 Å². The molecule has 1 saturated heterocycles. The maximum atomic E-state index is 12.3. The van der Waals surface area contributed by atoms with Gasteiger partial charge in [0, 0.05) is 19.3 Å². The summed E-state index contributed by atoms with van der Waals surface area (Å²) in [6, 6.07) is 3.57. The van der Waals surface area contributed by atoms with Crippen LogP contribution in [0.3, 0.4) is 0 Å². The minimum atomic E-state index is -0.416. The summed E-state index contributed by atoms with van der Waals surface area (Å²) in [6.45, 7) is 6.54. The quantitative estimate of drug-likeness (QED) is 0.801. The highest BCUT2D eigenvalue weighted by Crippen LogP contribution is 2.11. The van der Waals surface area contributed by atoms with E-state index in [9.17, 15) is 9.59 Å². The lowest BCUT2D eigenvalue weighted by Crippen LogP contribution is -2.49. The number of morpholine rings is 1. The van der Waals surface area contributed by atoms with E-state index in [4.69, 9.17) is 10.00 Å². The Balaban J connectivity index is 2.17. The summed E-state index contributed by atoms with van der Waals surface area (Å²) in [5, 5.41) is 9.00. The van der Waals surface area contributed by atoms with Crippen LogP contribution in [0.25, 0.3) is 0 Å². The van der Waals surface area contributed by atoms with Crippen LogP contribution in [0.2, 0.25) is 0 Å². The molecule has 6 heteroatoms. The second kappa shape index (κ2) is 6.10. The summed E-state index contributed by atoms with van der Waals surface area (Å²) in [5.74, 6) is -0.133. The number of pyridine rings is 1. The molecule has 1 aliphatic heterocycles. The molecule has 2 atom stereocenters. The first-order chi connectivity index (χ1) is 9.92. The molecule has 0 radical (unpaired) electrons. The third-order valence-electron chi connectivity index (χ3n) is 3.56. The molecule has 2 unspecified atom stereocenters. The molecule has 1 aromatic heterocycles. The van der Waals surface area contributed by atoms with Crippen LogP contribution in [-0.4, -0.2) is 40.7 Å². The van der Waals surface area contributed by atoms with Gasteiger partial charge in [0.1, 0.15) is 18.2 Å². The van der Waals surface area contributed by atoms with Gasteiger partial charge in [0.15, 0.2) is 0 Å². The molecule has 6 nitrogen and oxygen atoms in total. The second-order valence-corrected chi connectivity index (χ2v) is 5.47. The van der Waals surface area contributed by atoms with Gasteiger partial charge >= 0.3 is 0 Å². The first-order valence-corrected chi connectivity index (χ1v) is 6.95. The minimum absolute atomic E-state index is 0.0119. The Morgan fingerprint density at radius 1 is 1.43 bits per heavy atom. The Morgan fingerprint density at radius 3 is 2.62 bits per heavy atom. The molecule has 1 aliphatic rings. The second-order valence-electron chi connectivity index (χ2n) is 5.47. The molecule has 0 bridgehead atoms. The molecule has 21 heavy (non-hydrogen) atoms. The SMILES string of the molecule is Cc1ccn(CC(=O)N2CC(C)OC(C)C2)c(=O)c1C#N. The molecule has 0 aromatic carbocycles. The number of aromatic nitrogens is 1. The van der Waals surface area contributed by atoms with Gasteiger partial charge in [-0.25, -0.2) is 0 Å². The zero-order valence-corrected chi connectivity index (χ0v) is 12.5. The van der Waals surface area contributed by atoms with Crippen LogP contribution in [0, 0.1) is 18.3 Å². The number of ether oxygens (including phenoxy) is 1. The lowest BCUT2D eigenvalue weighted by atomic mass is 10.2. The van der Waals surface area contributed by atoms with Gasteiger partial charge in [-0.15, -0.1) is 0 Å². The molecule has 1 fully saturated rings. The molecule has 0 saturated carbocycles. The number of hydrogen-bond donors (Lipinski definition) is 0. The van der Waals surface area contributed by atoms with Crippen LogP contribution in [0.1, 0.15) is 25.0 Å². The first-order valence-electron chi connectivity index (χ1n) is 6.95. The third-order valence-corrected chi connectivity index (χ3v) is 3.56. The summed E-state index contributed by atoms with van der Waals surface area (Å²) in [6.07, 6.45) is 1.54. The van der Waals surface area contributed by atoms with Crippen molar-refractivity contribution in [1.29, 1.82) is 5.26 Å². The molecular weight excluding hydrogens is 270 g/mol. The number of hydrogen-bond acceptors (Lipinski definition) is 4. The lowest BCUT2D eigenvalue weighted by molar-refractivity contribution is -0.143. The van der Waals surface area contributed by atoms with E-state index in [-0.39, 0.29) is 30.2 Å². The minimum Gasteiger partial charge on any atom is -0.372 e. The molecule has 0 aliphatic carbocycles. The third kappa shape index (κ3) is 3.31. The summed E-state index contributed by atoms with van der Waals surface area (Å²) in [5.41, 5.74) is 0.300. The number of carbonyl (C=O) groups excluding carboxylic acids is 1. The molecule has 0 spiro atoms. The number of rotatable bonds is 2. The Bertz CT molecular complexity index is 635. The lowest BCUT2D eigenvalue weighted by Gasteiger charge is -2.35. The molecule has 0 N–H and O–H groups in total. The fraction of sp³-hybridized carbons (Fsp3) is 0.533. The number of nitriles is 1. The van der Waals surface area contributed by atoms with Crippen LogP contribution in [0.5, 0.6) is 0 Å². The number of amides is 1. The standard InChI is InChI=1S/C15H19N3O3/c1-10-4-5-17(15(20)13(10)6-16)9-14(19)18-7-11(2)21-12(3)8-18/h4-5,11-12H,7-9H2,1-3H3.